The van der Waals surface area contributed by atoms with E-state index in [4.69, 9.17) is 19.8 Å². The van der Waals surface area contributed by atoms with Crippen molar-refractivity contribution in [1.82, 2.24) is 45.0 Å². The molecule has 20 nitrogen and oxygen atoms in total. The highest BCUT2D eigenvalue weighted by Crippen LogP contribution is 2.39. The number of hydrogen-bond acceptors (Lipinski definition) is 15. The highest BCUT2D eigenvalue weighted by molar-refractivity contribution is 7.89. The summed E-state index contributed by atoms with van der Waals surface area (Å²) in [4.78, 5) is 30.2. The molecule has 6 atom stereocenters. The van der Waals surface area contributed by atoms with Gasteiger partial charge in [-0.1, -0.05) is 36.4 Å². The van der Waals surface area contributed by atoms with Crippen LogP contribution in [-0.4, -0.2) is 113 Å². The first-order valence-electron chi connectivity index (χ1n) is 16.9. The molecule has 7 rings (SSSR count). The van der Waals surface area contributed by atoms with E-state index in [9.17, 15) is 28.5 Å². The number of anilines is 3. The van der Waals surface area contributed by atoms with Crippen LogP contribution < -0.4 is 26.0 Å². The first-order chi connectivity index (χ1) is 25.5. The number of aliphatic hydroxyl groups is 3. The second kappa shape index (κ2) is 15.0. The molecule has 3 aromatic heterocycles. The fourth-order valence-electron chi connectivity index (χ4n) is 6.36. The standard InChI is InChI=1S/C32H39N13O7S/c1-2-45-41-28(40-42-45)26-24(47)25(48)30(52-26)44-17-34-23-27(35-21(16-46)13-18-7-4-3-5-8-18)38-31(39-29(23)44)43-12-11-20(15-43)37-32(49)36-19-9-6-10-22(14-19)53(33,50)51/h3-10,14,17,20-21,24-26,30,46-48H,2,11-13,15-16H2,1H3,(H2,33,50,51)(H,35,38,39)(H2,36,37,49). The van der Waals surface area contributed by atoms with Crippen molar-refractivity contribution < 1.29 is 33.3 Å². The number of hydrogen-bond donors (Lipinski definition) is 7. The number of imidazole rings is 1. The van der Waals surface area contributed by atoms with Crippen molar-refractivity contribution in [3.05, 3.63) is 72.3 Å². The summed E-state index contributed by atoms with van der Waals surface area (Å²) in [5, 5.41) is 58.7. The molecule has 2 aliphatic heterocycles. The zero-order valence-corrected chi connectivity index (χ0v) is 29.3. The van der Waals surface area contributed by atoms with Crippen LogP contribution in [0.15, 0.2) is 65.8 Å². The van der Waals surface area contributed by atoms with Crippen molar-refractivity contribution in [1.29, 1.82) is 0 Å². The van der Waals surface area contributed by atoms with Crippen LogP contribution in [0.5, 0.6) is 0 Å². The Morgan fingerprint density at radius 1 is 1.11 bits per heavy atom. The third-order valence-corrected chi connectivity index (χ3v) is 9.95. The molecule has 53 heavy (non-hydrogen) atoms. The minimum absolute atomic E-state index is 0.117. The average molecular weight is 750 g/mol. The number of carbonyl (C=O) groups is 1. The zero-order chi connectivity index (χ0) is 37.3. The summed E-state index contributed by atoms with van der Waals surface area (Å²) < 4.78 is 31.1. The van der Waals surface area contributed by atoms with Gasteiger partial charge in [-0.3, -0.25) is 4.57 Å². The number of urea groups is 1. The largest absolute Gasteiger partial charge is 0.394 e. The van der Waals surface area contributed by atoms with Gasteiger partial charge in [-0.05, 0) is 48.7 Å². The maximum atomic E-state index is 12.9. The van der Waals surface area contributed by atoms with Crippen LogP contribution in [0.4, 0.5) is 22.2 Å². The lowest BCUT2D eigenvalue weighted by Gasteiger charge is -2.22. The van der Waals surface area contributed by atoms with E-state index in [1.807, 2.05) is 42.2 Å². The molecular formula is C32H39N13O7S. The number of aryl methyl sites for hydroxylation is 1. The van der Waals surface area contributed by atoms with Crippen LogP contribution in [0.25, 0.3) is 11.2 Å². The maximum Gasteiger partial charge on any atom is 0.319 e. The molecule has 0 radical (unpaired) electrons. The van der Waals surface area contributed by atoms with Gasteiger partial charge in [-0.15, -0.1) is 10.2 Å². The van der Waals surface area contributed by atoms with Crippen LogP contribution in [0.2, 0.25) is 0 Å². The number of sulfonamides is 1. The third-order valence-electron chi connectivity index (χ3n) is 9.04. The van der Waals surface area contributed by atoms with Gasteiger partial charge in [0.1, 0.15) is 12.2 Å². The number of benzene rings is 2. The summed E-state index contributed by atoms with van der Waals surface area (Å²) in [6.45, 7) is 2.85. The van der Waals surface area contributed by atoms with Crippen LogP contribution in [0.3, 0.4) is 0 Å². The van der Waals surface area contributed by atoms with Gasteiger partial charge in [-0.25, -0.2) is 23.3 Å². The van der Waals surface area contributed by atoms with Crippen LogP contribution >= 0.6 is 0 Å². The van der Waals surface area contributed by atoms with Gasteiger partial charge in [0.25, 0.3) is 0 Å². The molecule has 8 N–H and O–H groups in total. The number of nitrogens with zero attached hydrogens (tertiary/aromatic N) is 9. The quantitative estimate of drug-likeness (QED) is 0.0877. The van der Waals surface area contributed by atoms with Crippen molar-refractivity contribution in [2.45, 2.75) is 67.8 Å². The molecule has 2 amide bonds. The molecule has 2 aliphatic rings. The Hall–Kier alpha value is -5.32. The number of rotatable bonds is 12. The van der Waals surface area contributed by atoms with E-state index >= 15 is 0 Å². The van der Waals surface area contributed by atoms with Gasteiger partial charge in [0.2, 0.25) is 21.8 Å². The molecule has 6 unspecified atom stereocenters. The number of primary sulfonamides is 1. The Kier molecular flexibility index (Phi) is 10.2. The topological polar surface area (TPSA) is 274 Å². The van der Waals surface area contributed by atoms with Crippen molar-refractivity contribution in [2.75, 3.05) is 35.2 Å². The number of fused-ring (bicyclic) bond motifs is 1. The number of nitrogens with two attached hydrogens (primary N) is 1. The Bertz CT molecular complexity index is 2180. The Labute approximate surface area is 303 Å². The van der Waals surface area contributed by atoms with Crippen LogP contribution in [0.1, 0.15) is 37.1 Å². The monoisotopic (exact) mass is 749 g/mol. The predicted molar refractivity (Wildman–Crippen MR) is 189 cm³/mol. The van der Waals surface area contributed by atoms with Crippen molar-refractivity contribution in [3.8, 4) is 0 Å². The number of carbonyl (C=O) groups excluding carboxylic acids is 1. The summed E-state index contributed by atoms with van der Waals surface area (Å²) in [5.41, 5.74) is 1.86. The fourth-order valence-corrected chi connectivity index (χ4v) is 6.92. The molecule has 0 aliphatic carbocycles. The number of nitrogens with one attached hydrogen (secondary N) is 3. The van der Waals surface area contributed by atoms with E-state index in [1.54, 1.807) is 6.07 Å². The summed E-state index contributed by atoms with van der Waals surface area (Å²) in [6, 6.07) is 14.0. The van der Waals surface area contributed by atoms with Gasteiger partial charge in [0.15, 0.2) is 29.3 Å². The normalized spacial score (nSPS) is 22.3. The van der Waals surface area contributed by atoms with E-state index in [2.05, 4.69) is 36.3 Å². The third kappa shape index (κ3) is 7.75. The molecule has 2 fully saturated rings. The number of amides is 2. The number of ether oxygens (including phenoxy) is 1. The smallest absolute Gasteiger partial charge is 0.319 e. The molecule has 280 valence electrons. The summed E-state index contributed by atoms with van der Waals surface area (Å²) in [7, 11) is -3.95. The molecule has 5 aromatic rings. The first-order valence-corrected chi connectivity index (χ1v) is 18.5. The van der Waals surface area contributed by atoms with E-state index in [-0.39, 0.29) is 40.7 Å². The Morgan fingerprint density at radius 3 is 2.66 bits per heavy atom. The van der Waals surface area contributed by atoms with Gasteiger partial charge < -0.3 is 40.9 Å². The highest BCUT2D eigenvalue weighted by Gasteiger charge is 2.47. The zero-order valence-electron chi connectivity index (χ0n) is 28.5. The van der Waals surface area contributed by atoms with E-state index in [1.165, 1.54) is 33.9 Å². The number of tetrazole rings is 1. The minimum Gasteiger partial charge on any atom is -0.394 e. The molecule has 2 aromatic carbocycles. The molecule has 0 spiro atoms. The van der Waals surface area contributed by atoms with E-state index < -0.39 is 46.6 Å². The summed E-state index contributed by atoms with van der Waals surface area (Å²) in [6.07, 6.45) is -2.55. The van der Waals surface area contributed by atoms with Gasteiger partial charge in [-0.2, -0.15) is 14.8 Å². The lowest BCUT2D eigenvalue weighted by molar-refractivity contribution is -0.0384. The average Bonchev–Trinajstić information content (AvgIpc) is 3.95. The number of aliphatic hydroxyl groups excluding tert-OH is 3. The van der Waals surface area contributed by atoms with Gasteiger partial charge in [0, 0.05) is 24.8 Å². The maximum absolute atomic E-state index is 12.9. The lowest BCUT2D eigenvalue weighted by atomic mass is 10.1. The van der Waals surface area contributed by atoms with E-state index in [0.29, 0.717) is 43.8 Å². The molecule has 21 heteroatoms. The summed E-state index contributed by atoms with van der Waals surface area (Å²) in [5.74, 6) is 0.715. The van der Waals surface area contributed by atoms with Crippen LogP contribution in [-0.2, 0) is 27.7 Å². The Balaban J connectivity index is 1.15. The Morgan fingerprint density at radius 2 is 1.92 bits per heavy atom. The first kappa shape index (κ1) is 36.1. The van der Waals surface area contributed by atoms with Crippen molar-refractivity contribution in [3.63, 3.8) is 0 Å². The predicted octanol–water partition coefficient (Wildman–Crippen LogP) is -0.112. The molecular weight excluding hydrogens is 711 g/mol. The molecule has 0 bridgehead atoms. The second-order valence-corrected chi connectivity index (χ2v) is 14.3. The van der Waals surface area contributed by atoms with Crippen molar-refractivity contribution >= 4 is 44.7 Å². The molecule has 5 heterocycles. The molecule has 2 saturated heterocycles. The van der Waals surface area contributed by atoms with Gasteiger partial charge >= 0.3 is 6.03 Å². The SMILES string of the molecule is CCn1nnc(C2OC(n3cnc4c(NC(CO)Cc5ccccc5)nc(N5CCC(NC(=O)Nc6cccc(S(N)(=O)=O)c6)C5)nc43)C(O)C2O)n1. The fraction of sp³-hybridized carbons (Fsp3) is 0.406. The van der Waals surface area contributed by atoms with Crippen LogP contribution in [0, 0.1) is 0 Å². The minimum atomic E-state index is -3.95. The number of aromatic nitrogens is 8. The summed E-state index contributed by atoms with van der Waals surface area (Å²) >= 11 is 0. The van der Waals surface area contributed by atoms with Gasteiger partial charge in [0.05, 0.1) is 30.4 Å². The highest BCUT2D eigenvalue weighted by atomic mass is 32.2. The second-order valence-electron chi connectivity index (χ2n) is 12.8. The molecule has 0 saturated carbocycles. The van der Waals surface area contributed by atoms with Crippen molar-refractivity contribution in [2.24, 2.45) is 5.14 Å². The lowest BCUT2D eigenvalue weighted by Crippen LogP contribution is -2.40. The van der Waals surface area contributed by atoms with E-state index in [0.717, 1.165) is 5.56 Å².